The first-order valence-corrected chi connectivity index (χ1v) is 11.8. The molecular weight excluding hydrogens is 420 g/mol. The minimum Gasteiger partial charge on any atom is -0.484 e. The Morgan fingerprint density at radius 3 is 2.50 bits per heavy atom. The first-order chi connectivity index (χ1) is 15.6. The standard InChI is InChI=1S/C26H28N2O3S/c1-27-25(30)26(18-20-7-5-8-21(17-20)23-11-6-16-32-23)12-14-28(15-13-26)24(29)19-31-22-9-3-2-4-10-22/h2-11,16-17H,12-15,18-19H2,1H3,(H,27,30). The van der Waals surface area contributed by atoms with Crippen molar-refractivity contribution in [1.29, 1.82) is 0 Å². The van der Waals surface area contributed by atoms with Crippen molar-refractivity contribution in [3.05, 3.63) is 77.7 Å². The molecule has 0 unspecified atom stereocenters. The molecule has 3 aromatic rings. The zero-order valence-electron chi connectivity index (χ0n) is 18.3. The molecule has 1 aliphatic heterocycles. The monoisotopic (exact) mass is 448 g/mol. The van der Waals surface area contributed by atoms with E-state index in [2.05, 4.69) is 41.0 Å². The minimum atomic E-state index is -0.514. The maximum absolute atomic E-state index is 13.0. The maximum Gasteiger partial charge on any atom is 0.260 e. The van der Waals surface area contributed by atoms with Crippen LogP contribution in [0, 0.1) is 5.41 Å². The number of carbonyl (C=O) groups is 2. The van der Waals surface area contributed by atoms with Gasteiger partial charge >= 0.3 is 0 Å². The molecule has 0 aliphatic carbocycles. The average molecular weight is 449 g/mol. The Bertz CT molecular complexity index is 1040. The Kier molecular flexibility index (Phi) is 6.90. The van der Waals surface area contributed by atoms with E-state index in [0.29, 0.717) is 38.1 Å². The zero-order valence-corrected chi connectivity index (χ0v) is 19.1. The number of rotatable bonds is 7. The summed E-state index contributed by atoms with van der Waals surface area (Å²) in [6.45, 7) is 1.11. The van der Waals surface area contributed by atoms with Crippen molar-refractivity contribution < 1.29 is 14.3 Å². The smallest absolute Gasteiger partial charge is 0.260 e. The fourth-order valence-corrected chi connectivity index (χ4v) is 5.08. The Morgan fingerprint density at radius 2 is 1.81 bits per heavy atom. The number of nitrogens with one attached hydrogen (secondary N) is 1. The van der Waals surface area contributed by atoms with Gasteiger partial charge in [0.2, 0.25) is 5.91 Å². The number of amides is 2. The first-order valence-electron chi connectivity index (χ1n) is 10.9. The van der Waals surface area contributed by atoms with Crippen LogP contribution in [0.25, 0.3) is 10.4 Å². The van der Waals surface area contributed by atoms with Crippen LogP contribution in [0.1, 0.15) is 18.4 Å². The molecule has 166 valence electrons. The quantitative estimate of drug-likeness (QED) is 0.583. The topological polar surface area (TPSA) is 58.6 Å². The molecule has 32 heavy (non-hydrogen) atoms. The van der Waals surface area contributed by atoms with Crippen molar-refractivity contribution in [2.75, 3.05) is 26.7 Å². The van der Waals surface area contributed by atoms with Gasteiger partial charge in [0.05, 0.1) is 5.41 Å². The highest BCUT2D eigenvalue weighted by molar-refractivity contribution is 7.13. The fraction of sp³-hybridized carbons (Fsp3) is 0.308. The number of ether oxygens (including phenoxy) is 1. The molecule has 1 aliphatic rings. The summed E-state index contributed by atoms with van der Waals surface area (Å²) in [7, 11) is 1.69. The van der Waals surface area contributed by atoms with Crippen molar-refractivity contribution >= 4 is 23.2 Å². The lowest BCUT2D eigenvalue weighted by Gasteiger charge is -2.40. The summed E-state index contributed by atoms with van der Waals surface area (Å²) in [5, 5.41) is 4.94. The fourth-order valence-electron chi connectivity index (χ4n) is 4.35. The van der Waals surface area contributed by atoms with E-state index < -0.39 is 5.41 Å². The van der Waals surface area contributed by atoms with Gasteiger partial charge in [0.1, 0.15) is 5.75 Å². The number of hydrogen-bond donors (Lipinski definition) is 1. The van der Waals surface area contributed by atoms with Gasteiger partial charge in [-0.25, -0.2) is 0 Å². The molecular formula is C26H28N2O3S. The molecule has 2 heterocycles. The highest BCUT2D eigenvalue weighted by Gasteiger charge is 2.41. The number of carbonyl (C=O) groups excluding carboxylic acids is 2. The summed E-state index contributed by atoms with van der Waals surface area (Å²) in [6, 6.07) is 21.9. The molecule has 5 nitrogen and oxygen atoms in total. The van der Waals surface area contributed by atoms with E-state index in [4.69, 9.17) is 4.74 Å². The van der Waals surface area contributed by atoms with Crippen molar-refractivity contribution in [2.45, 2.75) is 19.3 Å². The SMILES string of the molecule is CNC(=O)C1(Cc2cccc(-c3cccs3)c2)CCN(C(=O)COc2ccccc2)CC1. The molecule has 4 rings (SSSR count). The van der Waals surface area contributed by atoms with Gasteiger partial charge in [0.25, 0.3) is 5.91 Å². The van der Waals surface area contributed by atoms with E-state index in [9.17, 15) is 9.59 Å². The first kappa shape index (κ1) is 22.1. The second-order valence-electron chi connectivity index (χ2n) is 8.20. The summed E-state index contributed by atoms with van der Waals surface area (Å²) < 4.78 is 5.62. The molecule has 1 fully saturated rings. The van der Waals surface area contributed by atoms with E-state index >= 15 is 0 Å². The van der Waals surface area contributed by atoms with Gasteiger partial charge in [0.15, 0.2) is 6.61 Å². The highest BCUT2D eigenvalue weighted by Crippen LogP contribution is 2.37. The maximum atomic E-state index is 13.0. The van der Waals surface area contributed by atoms with Crippen molar-refractivity contribution in [1.82, 2.24) is 10.2 Å². The molecule has 0 radical (unpaired) electrons. The second kappa shape index (κ2) is 10.0. The van der Waals surface area contributed by atoms with Gasteiger partial charge in [-0.3, -0.25) is 9.59 Å². The number of nitrogens with zero attached hydrogens (tertiary/aromatic N) is 1. The van der Waals surface area contributed by atoms with Gasteiger partial charge in [0, 0.05) is 25.0 Å². The van der Waals surface area contributed by atoms with Crippen LogP contribution in [-0.4, -0.2) is 43.5 Å². The van der Waals surface area contributed by atoms with Crippen LogP contribution in [-0.2, 0) is 16.0 Å². The summed E-state index contributed by atoms with van der Waals surface area (Å²) in [5.74, 6) is 0.689. The summed E-state index contributed by atoms with van der Waals surface area (Å²) >= 11 is 1.71. The van der Waals surface area contributed by atoms with Crippen LogP contribution < -0.4 is 10.1 Å². The van der Waals surface area contributed by atoms with E-state index in [1.807, 2.05) is 41.3 Å². The van der Waals surface area contributed by atoms with Crippen LogP contribution in [0.15, 0.2) is 72.1 Å². The number of thiophene rings is 1. The molecule has 0 atom stereocenters. The normalized spacial score (nSPS) is 15.2. The summed E-state index contributed by atoms with van der Waals surface area (Å²) in [6.07, 6.45) is 1.92. The molecule has 2 aromatic carbocycles. The Hall–Kier alpha value is -3.12. The average Bonchev–Trinajstić information content (AvgIpc) is 3.38. The molecule has 0 saturated carbocycles. The lowest BCUT2D eigenvalue weighted by atomic mass is 9.72. The lowest BCUT2D eigenvalue weighted by molar-refractivity contribution is -0.141. The third kappa shape index (κ3) is 5.02. The molecule has 6 heteroatoms. The number of benzene rings is 2. The van der Waals surface area contributed by atoms with E-state index in [-0.39, 0.29) is 18.4 Å². The lowest BCUT2D eigenvalue weighted by Crippen LogP contribution is -2.51. The highest BCUT2D eigenvalue weighted by atomic mass is 32.1. The number of hydrogen-bond acceptors (Lipinski definition) is 4. The van der Waals surface area contributed by atoms with E-state index in [1.165, 1.54) is 10.4 Å². The largest absolute Gasteiger partial charge is 0.484 e. The number of piperidine rings is 1. The Labute approximate surface area is 193 Å². The van der Waals surface area contributed by atoms with Crippen LogP contribution in [0.2, 0.25) is 0 Å². The van der Waals surface area contributed by atoms with Gasteiger partial charge in [-0.1, -0.05) is 48.5 Å². The Balaban J connectivity index is 1.42. The minimum absolute atomic E-state index is 0.0137. The van der Waals surface area contributed by atoms with Crippen LogP contribution >= 0.6 is 11.3 Å². The van der Waals surface area contributed by atoms with Crippen LogP contribution in [0.5, 0.6) is 5.75 Å². The zero-order chi connectivity index (χ0) is 22.4. The Morgan fingerprint density at radius 1 is 1.03 bits per heavy atom. The van der Waals surface area contributed by atoms with Crippen molar-refractivity contribution in [3.8, 4) is 16.2 Å². The molecule has 2 amide bonds. The van der Waals surface area contributed by atoms with Crippen molar-refractivity contribution in [3.63, 3.8) is 0 Å². The van der Waals surface area contributed by atoms with Crippen LogP contribution in [0.3, 0.4) is 0 Å². The van der Waals surface area contributed by atoms with Crippen molar-refractivity contribution in [2.24, 2.45) is 5.41 Å². The third-order valence-corrected chi connectivity index (χ3v) is 7.08. The summed E-state index contributed by atoms with van der Waals surface area (Å²) in [5.41, 5.74) is 1.81. The predicted molar refractivity (Wildman–Crippen MR) is 128 cm³/mol. The number of para-hydroxylation sites is 1. The number of likely N-dealkylation sites (tertiary alicyclic amines) is 1. The third-order valence-electron chi connectivity index (χ3n) is 6.16. The second-order valence-corrected chi connectivity index (χ2v) is 9.14. The molecule has 1 N–H and O–H groups in total. The van der Waals surface area contributed by atoms with E-state index in [1.54, 1.807) is 18.4 Å². The predicted octanol–water partition coefficient (Wildman–Crippen LogP) is 4.39. The van der Waals surface area contributed by atoms with Gasteiger partial charge < -0.3 is 15.0 Å². The van der Waals surface area contributed by atoms with Gasteiger partial charge in [-0.05, 0) is 54.0 Å². The van der Waals surface area contributed by atoms with E-state index in [0.717, 1.165) is 5.56 Å². The molecule has 0 spiro atoms. The molecule has 1 saturated heterocycles. The molecule has 1 aromatic heterocycles. The van der Waals surface area contributed by atoms with Gasteiger partial charge in [-0.2, -0.15) is 0 Å². The molecule has 0 bridgehead atoms. The summed E-state index contributed by atoms with van der Waals surface area (Å²) in [4.78, 5) is 28.6. The van der Waals surface area contributed by atoms with Gasteiger partial charge in [-0.15, -0.1) is 11.3 Å². The van der Waals surface area contributed by atoms with Crippen LogP contribution in [0.4, 0.5) is 0 Å².